The largest absolute Gasteiger partial charge is 0.287 e. The van der Waals surface area contributed by atoms with E-state index in [1.807, 2.05) is 0 Å². The molecule has 1 rings (SSSR count). The van der Waals surface area contributed by atoms with Gasteiger partial charge in [0, 0.05) is 12.3 Å². The second-order valence-electron chi connectivity index (χ2n) is 1.42. The Morgan fingerprint density at radius 1 is 1.57 bits per heavy atom. The van der Waals surface area contributed by atoms with E-state index < -0.39 is 5.92 Å². The van der Waals surface area contributed by atoms with Crippen LogP contribution in [0.4, 0.5) is 8.78 Å². The predicted molar refractivity (Wildman–Crippen MR) is 21.1 cm³/mol. The van der Waals surface area contributed by atoms with Gasteiger partial charge < -0.3 is 0 Å². The number of alkyl halides is 2. The summed E-state index contributed by atoms with van der Waals surface area (Å²) in [6, 6.07) is 0. The zero-order chi connectivity index (χ0) is 5.33. The minimum atomic E-state index is -2.65. The molecular formula is C4H4F2N. The maximum Gasteiger partial charge on any atom is 0.287 e. The molecule has 3 heteroatoms. The summed E-state index contributed by atoms with van der Waals surface area (Å²) in [6.45, 7) is -0.368. The fourth-order valence-corrected chi connectivity index (χ4v) is 0.389. The third-order valence-corrected chi connectivity index (χ3v) is 0.726. The molecule has 1 nitrogen and oxygen atoms in total. The van der Waals surface area contributed by atoms with Gasteiger partial charge in [-0.25, -0.2) is 0 Å². The molecule has 0 bridgehead atoms. The van der Waals surface area contributed by atoms with Crippen molar-refractivity contribution in [2.45, 2.75) is 5.92 Å². The lowest BCUT2D eigenvalue weighted by molar-refractivity contribution is 0.0679. The van der Waals surface area contributed by atoms with Gasteiger partial charge in [-0.3, -0.25) is 5.32 Å². The first-order valence-corrected chi connectivity index (χ1v) is 1.93. The van der Waals surface area contributed by atoms with Gasteiger partial charge in [0.1, 0.15) is 6.54 Å². The van der Waals surface area contributed by atoms with E-state index >= 15 is 0 Å². The van der Waals surface area contributed by atoms with Crippen LogP contribution in [-0.2, 0) is 0 Å². The molecule has 1 aliphatic rings. The fraction of sp³-hybridized carbons (Fsp3) is 0.500. The molecule has 0 saturated heterocycles. The highest BCUT2D eigenvalue weighted by molar-refractivity contribution is 5.01. The van der Waals surface area contributed by atoms with E-state index in [1.54, 1.807) is 0 Å². The highest BCUT2D eigenvalue weighted by atomic mass is 19.3. The van der Waals surface area contributed by atoms with Crippen molar-refractivity contribution in [2.75, 3.05) is 6.54 Å². The summed E-state index contributed by atoms with van der Waals surface area (Å²) in [5, 5.41) is 3.31. The van der Waals surface area contributed by atoms with Crippen LogP contribution in [0.5, 0.6) is 0 Å². The van der Waals surface area contributed by atoms with Gasteiger partial charge in [0.15, 0.2) is 0 Å². The number of hydrogen-bond donors (Lipinski definition) is 0. The lowest BCUT2D eigenvalue weighted by Crippen LogP contribution is -2.16. The van der Waals surface area contributed by atoms with E-state index in [2.05, 4.69) is 5.32 Å². The molecule has 0 aromatic carbocycles. The van der Waals surface area contributed by atoms with E-state index in [4.69, 9.17) is 0 Å². The van der Waals surface area contributed by atoms with Crippen molar-refractivity contribution in [2.24, 2.45) is 0 Å². The van der Waals surface area contributed by atoms with Gasteiger partial charge in [-0.05, 0) is 0 Å². The maximum atomic E-state index is 11.8. The quantitative estimate of drug-likeness (QED) is 0.430. The van der Waals surface area contributed by atoms with Gasteiger partial charge in [-0.15, -0.1) is 0 Å². The average Bonchev–Trinajstić information content (AvgIpc) is 1.84. The normalized spacial score (nSPS) is 24.9. The zero-order valence-corrected chi connectivity index (χ0v) is 3.56. The van der Waals surface area contributed by atoms with Crippen LogP contribution < -0.4 is 5.32 Å². The summed E-state index contributed by atoms with van der Waals surface area (Å²) in [5.41, 5.74) is 0. The van der Waals surface area contributed by atoms with Crippen molar-refractivity contribution in [3.8, 4) is 0 Å². The number of nitrogens with zero attached hydrogens (tertiary/aromatic N) is 1. The van der Waals surface area contributed by atoms with Crippen molar-refractivity contribution in [3.05, 3.63) is 12.3 Å². The van der Waals surface area contributed by atoms with Gasteiger partial charge in [0.2, 0.25) is 0 Å². The van der Waals surface area contributed by atoms with E-state index in [0.29, 0.717) is 0 Å². The Bertz CT molecular complexity index is 97.9. The minimum absolute atomic E-state index is 0.368. The van der Waals surface area contributed by atoms with Crippen LogP contribution in [0.1, 0.15) is 0 Å². The van der Waals surface area contributed by atoms with Crippen molar-refractivity contribution >= 4 is 0 Å². The molecular weight excluding hydrogens is 100 g/mol. The molecule has 0 fully saturated rings. The van der Waals surface area contributed by atoms with Crippen LogP contribution in [0.3, 0.4) is 0 Å². The Morgan fingerprint density at radius 3 is 2.43 bits per heavy atom. The molecule has 0 aromatic rings. The highest BCUT2D eigenvalue weighted by Crippen LogP contribution is 2.17. The molecule has 0 amide bonds. The minimum Gasteiger partial charge on any atom is -0.287 e. The predicted octanol–water partition coefficient (Wildman–Crippen LogP) is 0.753. The van der Waals surface area contributed by atoms with Gasteiger partial charge >= 0.3 is 0 Å². The number of halogens is 2. The topological polar surface area (TPSA) is 14.1 Å². The molecule has 1 radical (unpaired) electrons. The Labute approximate surface area is 40.0 Å². The number of hydrogen-bond acceptors (Lipinski definition) is 0. The van der Waals surface area contributed by atoms with Crippen LogP contribution in [0.2, 0.25) is 0 Å². The van der Waals surface area contributed by atoms with Crippen LogP contribution in [-0.4, -0.2) is 12.5 Å². The van der Waals surface area contributed by atoms with Crippen molar-refractivity contribution < 1.29 is 8.78 Å². The van der Waals surface area contributed by atoms with Crippen molar-refractivity contribution in [1.82, 2.24) is 5.32 Å². The first-order valence-electron chi connectivity index (χ1n) is 1.93. The molecule has 7 heavy (non-hydrogen) atoms. The van der Waals surface area contributed by atoms with E-state index in [9.17, 15) is 8.78 Å². The Hall–Kier alpha value is -0.600. The average molecular weight is 104 g/mol. The number of rotatable bonds is 0. The highest BCUT2D eigenvalue weighted by Gasteiger charge is 2.28. The first kappa shape index (κ1) is 4.56. The summed E-state index contributed by atoms with van der Waals surface area (Å²) >= 11 is 0. The van der Waals surface area contributed by atoms with Crippen molar-refractivity contribution in [3.63, 3.8) is 0 Å². The summed E-state index contributed by atoms with van der Waals surface area (Å²) in [4.78, 5) is 0. The second-order valence-corrected chi connectivity index (χ2v) is 1.42. The van der Waals surface area contributed by atoms with Crippen LogP contribution in [0.25, 0.3) is 0 Å². The molecule has 0 saturated carbocycles. The van der Waals surface area contributed by atoms with E-state index in [-0.39, 0.29) is 6.54 Å². The molecule has 39 valence electrons. The molecule has 1 heterocycles. The lowest BCUT2D eigenvalue weighted by atomic mass is 10.4. The summed E-state index contributed by atoms with van der Waals surface area (Å²) in [7, 11) is 0. The summed E-state index contributed by atoms with van der Waals surface area (Å²) in [6.07, 6.45) is 1.94. The Balaban J connectivity index is 2.57. The van der Waals surface area contributed by atoms with E-state index in [1.165, 1.54) is 0 Å². The van der Waals surface area contributed by atoms with Crippen molar-refractivity contribution in [1.29, 1.82) is 0 Å². The van der Waals surface area contributed by atoms with Crippen LogP contribution in [0, 0.1) is 0 Å². The maximum absolute atomic E-state index is 11.8. The molecule has 0 N–H and O–H groups in total. The third kappa shape index (κ3) is 0.885. The van der Waals surface area contributed by atoms with Gasteiger partial charge in [0.25, 0.3) is 5.92 Å². The van der Waals surface area contributed by atoms with E-state index in [0.717, 1.165) is 12.3 Å². The molecule has 0 atom stereocenters. The summed E-state index contributed by atoms with van der Waals surface area (Å²) in [5.74, 6) is -2.65. The molecule has 0 aromatic heterocycles. The van der Waals surface area contributed by atoms with Crippen LogP contribution in [0.15, 0.2) is 12.3 Å². The molecule has 0 spiro atoms. The molecule has 1 aliphatic heterocycles. The van der Waals surface area contributed by atoms with Crippen LogP contribution >= 0.6 is 0 Å². The Kier molecular flexibility index (Phi) is 0.770. The molecule has 0 unspecified atom stereocenters. The summed E-state index contributed by atoms with van der Waals surface area (Å²) < 4.78 is 23.5. The lowest BCUT2D eigenvalue weighted by Gasteiger charge is -1.99. The first-order chi connectivity index (χ1) is 3.21. The fourth-order valence-electron chi connectivity index (χ4n) is 0.389. The third-order valence-electron chi connectivity index (χ3n) is 0.726. The van der Waals surface area contributed by atoms with Gasteiger partial charge in [-0.2, -0.15) is 8.78 Å². The zero-order valence-electron chi connectivity index (χ0n) is 3.56. The SMILES string of the molecule is FC1(F)C=C[N]C1. The second kappa shape index (κ2) is 1.18. The van der Waals surface area contributed by atoms with Gasteiger partial charge in [-0.1, -0.05) is 0 Å². The van der Waals surface area contributed by atoms with Gasteiger partial charge in [0.05, 0.1) is 0 Å². The monoisotopic (exact) mass is 104 g/mol. The molecule has 0 aliphatic carbocycles. The standard InChI is InChI=1S/C4H4F2N/c5-4(6)1-2-7-3-4/h1-2H,3H2. The Morgan fingerprint density at radius 2 is 2.29 bits per heavy atom. The smallest absolute Gasteiger partial charge is 0.287 e.